The van der Waals surface area contributed by atoms with Gasteiger partial charge in [0.1, 0.15) is 5.75 Å². The Bertz CT molecular complexity index is 1300. The van der Waals surface area contributed by atoms with Gasteiger partial charge in [-0.1, -0.05) is 0 Å². The van der Waals surface area contributed by atoms with Gasteiger partial charge in [0.05, 0.1) is 17.6 Å². The normalized spacial score (nSPS) is 11.0. The second-order valence-corrected chi connectivity index (χ2v) is 6.99. The largest absolute Gasteiger partial charge is 0.494 e. The zero-order chi connectivity index (χ0) is 21.1. The minimum atomic E-state index is -0.287. The monoisotopic (exact) mass is 424 g/mol. The lowest BCUT2D eigenvalue weighted by molar-refractivity contribution is -0.116. The number of H-pyrrole nitrogens is 3. The van der Waals surface area contributed by atoms with E-state index >= 15 is 0 Å². The number of carbonyl (C=O) groups excluding carboxylic acids is 1. The van der Waals surface area contributed by atoms with Gasteiger partial charge in [-0.05, 0) is 61.6 Å². The number of hydrogen-bond acceptors (Lipinski definition) is 5. The highest BCUT2D eigenvalue weighted by molar-refractivity contribution is 7.71. The van der Waals surface area contributed by atoms with Gasteiger partial charge in [0.25, 0.3) is 0 Å². The molecule has 30 heavy (non-hydrogen) atoms. The first-order valence-corrected chi connectivity index (χ1v) is 9.84. The maximum absolute atomic E-state index is 12.4. The number of nitrogens with zero attached hydrogens (tertiary/aromatic N) is 2. The molecule has 0 radical (unpaired) electrons. The summed E-state index contributed by atoms with van der Waals surface area (Å²) in [6.45, 7) is 2.90. The first kappa shape index (κ1) is 19.6. The molecule has 0 saturated carbocycles. The van der Waals surface area contributed by atoms with E-state index in [4.69, 9.17) is 17.0 Å². The molecule has 9 nitrogen and oxygen atoms in total. The van der Waals surface area contributed by atoms with Crippen LogP contribution in [0, 0.1) is 4.77 Å². The number of rotatable bonds is 7. The topological polar surface area (TPSA) is 121 Å². The van der Waals surface area contributed by atoms with Crippen LogP contribution in [-0.2, 0) is 11.3 Å². The van der Waals surface area contributed by atoms with Gasteiger partial charge in [-0.25, -0.2) is 4.79 Å². The van der Waals surface area contributed by atoms with Gasteiger partial charge in [0.15, 0.2) is 10.6 Å². The third-order valence-corrected chi connectivity index (χ3v) is 4.86. The summed E-state index contributed by atoms with van der Waals surface area (Å²) in [6.07, 6.45) is 0.208. The Morgan fingerprint density at radius 3 is 2.70 bits per heavy atom. The fraction of sp³-hybridized carbons (Fsp3) is 0.200. The van der Waals surface area contributed by atoms with Crippen molar-refractivity contribution in [2.75, 3.05) is 11.9 Å². The molecule has 4 N–H and O–H groups in total. The number of anilines is 1. The quantitative estimate of drug-likeness (QED) is 0.340. The summed E-state index contributed by atoms with van der Waals surface area (Å²) in [7, 11) is 0. The van der Waals surface area contributed by atoms with E-state index in [0.717, 1.165) is 11.3 Å². The molecule has 0 aliphatic heterocycles. The summed E-state index contributed by atoms with van der Waals surface area (Å²) >= 11 is 5.33. The van der Waals surface area contributed by atoms with E-state index < -0.39 is 0 Å². The van der Waals surface area contributed by atoms with Crippen molar-refractivity contribution in [2.24, 2.45) is 0 Å². The molecule has 0 fully saturated rings. The van der Waals surface area contributed by atoms with E-state index in [1.54, 1.807) is 22.8 Å². The highest BCUT2D eigenvalue weighted by atomic mass is 32.1. The molecule has 0 aliphatic rings. The van der Waals surface area contributed by atoms with Gasteiger partial charge < -0.3 is 20.0 Å². The number of amides is 1. The fourth-order valence-electron chi connectivity index (χ4n) is 3.16. The standard InChI is InChI=1S/C20H20N6O3S/c1-2-29-14-6-3-12(4-7-14)18-24-25-20(30)26(18)10-9-17(27)21-13-5-8-15-16(11-13)23-19(28)22-15/h3-8,11H,2,9-10H2,1H3,(H,21,27)(H,25,30)(H2,22,23,28). The Balaban J connectivity index is 1.45. The Labute approximate surface area is 176 Å². The molecule has 4 rings (SSSR count). The van der Waals surface area contributed by atoms with Crippen molar-refractivity contribution in [3.63, 3.8) is 0 Å². The fourth-order valence-corrected chi connectivity index (χ4v) is 3.38. The second-order valence-electron chi connectivity index (χ2n) is 6.60. The van der Waals surface area contributed by atoms with Crippen LogP contribution in [0.15, 0.2) is 47.3 Å². The molecule has 0 atom stereocenters. The van der Waals surface area contributed by atoms with Gasteiger partial charge >= 0.3 is 5.69 Å². The summed E-state index contributed by atoms with van der Waals surface area (Å²) in [6, 6.07) is 12.7. The lowest BCUT2D eigenvalue weighted by Gasteiger charge is -2.09. The van der Waals surface area contributed by atoms with Crippen LogP contribution < -0.4 is 15.7 Å². The third-order valence-electron chi connectivity index (χ3n) is 4.54. The minimum Gasteiger partial charge on any atom is -0.494 e. The molecule has 1 amide bonds. The number of aromatic nitrogens is 5. The van der Waals surface area contributed by atoms with Crippen LogP contribution in [0.3, 0.4) is 0 Å². The first-order valence-electron chi connectivity index (χ1n) is 9.44. The molecule has 4 aromatic rings. The van der Waals surface area contributed by atoms with Crippen LogP contribution in [0.4, 0.5) is 5.69 Å². The predicted octanol–water partition coefficient (Wildman–Crippen LogP) is 3.20. The zero-order valence-electron chi connectivity index (χ0n) is 16.2. The minimum absolute atomic E-state index is 0.173. The van der Waals surface area contributed by atoms with E-state index in [9.17, 15) is 9.59 Å². The molecular weight excluding hydrogens is 404 g/mol. The summed E-state index contributed by atoms with van der Waals surface area (Å²) < 4.78 is 7.70. The maximum Gasteiger partial charge on any atom is 0.323 e. The van der Waals surface area contributed by atoms with Crippen molar-refractivity contribution in [1.82, 2.24) is 24.7 Å². The van der Waals surface area contributed by atoms with Crippen LogP contribution in [0.25, 0.3) is 22.4 Å². The van der Waals surface area contributed by atoms with Gasteiger partial charge in [0.2, 0.25) is 5.91 Å². The summed E-state index contributed by atoms with van der Waals surface area (Å²) in [5, 5.41) is 9.92. The Morgan fingerprint density at radius 2 is 1.93 bits per heavy atom. The number of nitrogens with one attached hydrogen (secondary N) is 4. The molecule has 154 valence electrons. The van der Waals surface area contributed by atoms with E-state index in [1.807, 2.05) is 31.2 Å². The lowest BCUT2D eigenvalue weighted by Crippen LogP contribution is -2.15. The van der Waals surface area contributed by atoms with Gasteiger partial charge in [-0.3, -0.25) is 14.5 Å². The number of fused-ring (bicyclic) bond motifs is 1. The molecule has 10 heteroatoms. The average molecular weight is 424 g/mol. The van der Waals surface area contributed by atoms with Crippen molar-refractivity contribution in [3.8, 4) is 17.1 Å². The smallest absolute Gasteiger partial charge is 0.323 e. The molecule has 0 spiro atoms. The highest BCUT2D eigenvalue weighted by Gasteiger charge is 2.11. The average Bonchev–Trinajstić information content (AvgIpc) is 3.28. The number of aromatic amines is 3. The van der Waals surface area contributed by atoms with Crippen LogP contribution in [0.5, 0.6) is 5.75 Å². The van der Waals surface area contributed by atoms with Crippen molar-refractivity contribution in [1.29, 1.82) is 0 Å². The Kier molecular flexibility index (Phi) is 5.48. The Morgan fingerprint density at radius 1 is 1.17 bits per heavy atom. The molecule has 0 unspecified atom stereocenters. The van der Waals surface area contributed by atoms with E-state index in [2.05, 4.69) is 25.5 Å². The molecule has 2 aromatic heterocycles. The second kappa shape index (κ2) is 8.37. The first-order chi connectivity index (χ1) is 14.5. The number of benzene rings is 2. The third kappa shape index (κ3) is 4.18. The van der Waals surface area contributed by atoms with Gasteiger partial charge in [0, 0.05) is 24.2 Å². The van der Waals surface area contributed by atoms with Crippen molar-refractivity contribution < 1.29 is 9.53 Å². The highest BCUT2D eigenvalue weighted by Crippen LogP contribution is 2.21. The van der Waals surface area contributed by atoms with Crippen LogP contribution in [-0.4, -0.2) is 37.2 Å². The molecular formula is C20H20N6O3S. The van der Waals surface area contributed by atoms with Gasteiger partial charge in [-0.2, -0.15) is 5.10 Å². The number of hydrogen-bond donors (Lipinski definition) is 4. The van der Waals surface area contributed by atoms with Crippen LogP contribution in [0.1, 0.15) is 13.3 Å². The Hall–Kier alpha value is -3.66. The number of imidazole rings is 1. The van der Waals surface area contributed by atoms with Gasteiger partial charge in [-0.15, -0.1) is 0 Å². The van der Waals surface area contributed by atoms with Crippen LogP contribution in [0.2, 0.25) is 0 Å². The molecule has 2 aromatic carbocycles. The molecule has 2 heterocycles. The van der Waals surface area contributed by atoms with E-state index in [0.29, 0.717) is 40.5 Å². The SMILES string of the molecule is CCOc1ccc(-c2n[nH]c(=S)n2CCC(=O)Nc2ccc3[nH]c(=O)[nH]c3c2)cc1. The lowest BCUT2D eigenvalue weighted by atomic mass is 10.2. The maximum atomic E-state index is 12.4. The van der Waals surface area contributed by atoms with E-state index in [-0.39, 0.29) is 18.0 Å². The van der Waals surface area contributed by atoms with E-state index in [1.165, 1.54) is 0 Å². The summed E-state index contributed by atoms with van der Waals surface area (Å²) in [5.41, 5.74) is 2.50. The molecule has 0 aliphatic carbocycles. The predicted molar refractivity (Wildman–Crippen MR) is 116 cm³/mol. The summed E-state index contributed by atoms with van der Waals surface area (Å²) in [4.78, 5) is 29.1. The van der Waals surface area contributed by atoms with Crippen LogP contribution >= 0.6 is 12.2 Å². The molecule has 0 saturated heterocycles. The zero-order valence-corrected chi connectivity index (χ0v) is 17.0. The van der Waals surface area contributed by atoms with Crippen molar-refractivity contribution in [2.45, 2.75) is 19.9 Å². The van der Waals surface area contributed by atoms with Crippen molar-refractivity contribution in [3.05, 3.63) is 57.7 Å². The molecule has 0 bridgehead atoms. The number of carbonyl (C=O) groups is 1. The number of ether oxygens (including phenoxy) is 1. The summed E-state index contributed by atoms with van der Waals surface area (Å²) in [5.74, 6) is 1.26. The van der Waals surface area contributed by atoms with Crippen molar-refractivity contribution >= 4 is 34.8 Å².